The number of ether oxygens (including phenoxy) is 1. The molecule has 0 aliphatic carbocycles. The Hall–Kier alpha value is -2.64. The van der Waals surface area contributed by atoms with Gasteiger partial charge in [-0.15, -0.1) is 0 Å². The predicted octanol–water partition coefficient (Wildman–Crippen LogP) is 0.826. The normalized spacial score (nSPS) is 15.6. The third kappa shape index (κ3) is 5.22. The molecule has 10 nitrogen and oxygen atoms in total. The van der Waals surface area contributed by atoms with Crippen LogP contribution in [-0.4, -0.2) is 62.2 Å². The van der Waals surface area contributed by atoms with Gasteiger partial charge in [-0.05, 0) is 35.4 Å². The van der Waals surface area contributed by atoms with Crippen LogP contribution in [0, 0.1) is 0 Å². The maximum Gasteiger partial charge on any atom is 0.243 e. The van der Waals surface area contributed by atoms with Gasteiger partial charge in [0, 0.05) is 19.6 Å². The van der Waals surface area contributed by atoms with E-state index in [1.54, 1.807) is 11.0 Å². The van der Waals surface area contributed by atoms with E-state index >= 15 is 0 Å². The summed E-state index contributed by atoms with van der Waals surface area (Å²) in [4.78, 5) is 3.96. The van der Waals surface area contributed by atoms with Gasteiger partial charge in [0.1, 0.15) is 12.7 Å². The van der Waals surface area contributed by atoms with E-state index in [9.17, 15) is 16.8 Å². The van der Waals surface area contributed by atoms with Crippen molar-refractivity contribution in [1.82, 2.24) is 23.8 Å². The molecule has 2 heterocycles. The van der Waals surface area contributed by atoms with E-state index < -0.39 is 20.0 Å². The van der Waals surface area contributed by atoms with Gasteiger partial charge in [-0.25, -0.2) is 31.2 Å². The van der Waals surface area contributed by atoms with E-state index in [-0.39, 0.29) is 29.4 Å². The zero-order valence-electron chi connectivity index (χ0n) is 17.2. The number of benzene rings is 2. The molecule has 2 aromatic carbocycles. The van der Waals surface area contributed by atoms with Crippen molar-refractivity contribution in [2.24, 2.45) is 0 Å². The maximum atomic E-state index is 12.7. The minimum atomic E-state index is -3.81. The molecule has 0 amide bonds. The molecule has 0 unspecified atom stereocenters. The summed E-state index contributed by atoms with van der Waals surface area (Å²) in [6.07, 6.45) is 3.06. The number of morpholine rings is 1. The number of nitrogens with one attached hydrogen (secondary N) is 1. The van der Waals surface area contributed by atoms with Crippen molar-refractivity contribution >= 4 is 20.0 Å². The fraction of sp³-hybridized carbons (Fsp3) is 0.300. The molecule has 1 fully saturated rings. The molecule has 0 atom stereocenters. The molecular formula is C20H23N5O5S2. The van der Waals surface area contributed by atoms with Crippen LogP contribution in [-0.2, 0) is 37.9 Å². The molecule has 1 N–H and O–H groups in total. The van der Waals surface area contributed by atoms with Gasteiger partial charge in [-0.1, -0.05) is 24.3 Å². The Labute approximate surface area is 187 Å². The van der Waals surface area contributed by atoms with E-state index in [0.29, 0.717) is 19.8 Å². The molecule has 170 valence electrons. The molecule has 32 heavy (non-hydrogen) atoms. The summed E-state index contributed by atoms with van der Waals surface area (Å²) < 4.78 is 61.6. The SMILES string of the molecule is O=S(=O)(NCc1cccc(Cn2cncn2)c1)c1ccc(S(=O)(=O)N2CCOCC2)cc1. The van der Waals surface area contributed by atoms with Gasteiger partial charge >= 0.3 is 0 Å². The summed E-state index contributed by atoms with van der Waals surface area (Å²) in [5.74, 6) is 0. The van der Waals surface area contributed by atoms with Gasteiger partial charge in [-0.2, -0.15) is 9.40 Å². The van der Waals surface area contributed by atoms with Crippen LogP contribution in [0.3, 0.4) is 0 Å². The first kappa shape index (κ1) is 22.6. The standard InChI is InChI=1S/C20H23N5O5S2/c26-31(27,23-13-17-2-1-3-18(12-17)14-24-16-21-15-22-24)19-4-6-20(7-5-19)32(28,29)25-8-10-30-11-9-25/h1-7,12,15-16,23H,8-11,13-14H2. The highest BCUT2D eigenvalue weighted by Gasteiger charge is 2.26. The Morgan fingerprint density at radius 3 is 2.31 bits per heavy atom. The number of aromatic nitrogens is 3. The van der Waals surface area contributed by atoms with Crippen LogP contribution < -0.4 is 4.72 Å². The Bertz CT molecular complexity index is 1250. The molecule has 0 bridgehead atoms. The summed E-state index contributed by atoms with van der Waals surface area (Å²) in [6, 6.07) is 12.7. The quantitative estimate of drug-likeness (QED) is 0.510. The molecule has 4 rings (SSSR count). The lowest BCUT2D eigenvalue weighted by molar-refractivity contribution is 0.0730. The fourth-order valence-electron chi connectivity index (χ4n) is 3.33. The predicted molar refractivity (Wildman–Crippen MR) is 116 cm³/mol. The molecule has 0 spiro atoms. The number of hydrogen-bond acceptors (Lipinski definition) is 7. The summed E-state index contributed by atoms with van der Waals surface area (Å²) in [6.45, 7) is 1.87. The zero-order chi connectivity index (χ0) is 22.6. The minimum absolute atomic E-state index is 0.00259. The van der Waals surface area contributed by atoms with Crippen molar-refractivity contribution in [3.8, 4) is 0 Å². The first-order valence-corrected chi connectivity index (χ1v) is 12.8. The van der Waals surface area contributed by atoms with Gasteiger partial charge < -0.3 is 4.74 Å². The molecule has 1 aliphatic heterocycles. The molecule has 0 radical (unpaired) electrons. The Morgan fingerprint density at radius 2 is 1.62 bits per heavy atom. The molecule has 1 aliphatic rings. The molecule has 0 saturated carbocycles. The first-order valence-electron chi connectivity index (χ1n) is 9.92. The second-order valence-electron chi connectivity index (χ2n) is 7.23. The van der Waals surface area contributed by atoms with Crippen molar-refractivity contribution in [3.63, 3.8) is 0 Å². The average Bonchev–Trinajstić information content (AvgIpc) is 3.32. The van der Waals surface area contributed by atoms with Crippen LogP contribution in [0.5, 0.6) is 0 Å². The molecular weight excluding hydrogens is 454 g/mol. The minimum Gasteiger partial charge on any atom is -0.379 e. The Kier molecular flexibility index (Phi) is 6.67. The van der Waals surface area contributed by atoms with Gasteiger partial charge in [0.25, 0.3) is 0 Å². The van der Waals surface area contributed by atoms with E-state index in [2.05, 4.69) is 14.8 Å². The van der Waals surface area contributed by atoms with Gasteiger partial charge in [0.15, 0.2) is 0 Å². The first-order chi connectivity index (χ1) is 15.3. The molecule has 1 aromatic heterocycles. The molecule has 1 saturated heterocycles. The van der Waals surface area contributed by atoms with E-state index in [1.165, 1.54) is 34.9 Å². The lowest BCUT2D eigenvalue weighted by Crippen LogP contribution is -2.40. The topological polar surface area (TPSA) is 123 Å². The lowest BCUT2D eigenvalue weighted by atomic mass is 10.1. The number of rotatable bonds is 8. The van der Waals surface area contributed by atoms with Crippen LogP contribution in [0.4, 0.5) is 0 Å². The van der Waals surface area contributed by atoms with E-state index in [1.807, 2.05) is 24.3 Å². The highest BCUT2D eigenvalue weighted by molar-refractivity contribution is 7.89. The smallest absolute Gasteiger partial charge is 0.243 e. The third-order valence-corrected chi connectivity index (χ3v) is 8.34. The summed E-state index contributed by atoms with van der Waals surface area (Å²) >= 11 is 0. The monoisotopic (exact) mass is 477 g/mol. The van der Waals surface area contributed by atoms with Crippen LogP contribution in [0.15, 0.2) is 71.0 Å². The van der Waals surface area contributed by atoms with Crippen LogP contribution in [0.1, 0.15) is 11.1 Å². The largest absolute Gasteiger partial charge is 0.379 e. The molecule has 12 heteroatoms. The Morgan fingerprint density at radius 1 is 0.938 bits per heavy atom. The average molecular weight is 478 g/mol. The maximum absolute atomic E-state index is 12.7. The highest BCUT2D eigenvalue weighted by atomic mass is 32.2. The van der Waals surface area contributed by atoms with E-state index in [0.717, 1.165) is 11.1 Å². The highest BCUT2D eigenvalue weighted by Crippen LogP contribution is 2.19. The number of nitrogens with zero attached hydrogens (tertiary/aromatic N) is 4. The van der Waals surface area contributed by atoms with Crippen molar-refractivity contribution in [2.75, 3.05) is 26.3 Å². The summed E-state index contributed by atoms with van der Waals surface area (Å²) in [5.41, 5.74) is 1.75. The second-order valence-corrected chi connectivity index (χ2v) is 10.9. The fourth-order valence-corrected chi connectivity index (χ4v) is 5.75. The molecule has 3 aromatic rings. The van der Waals surface area contributed by atoms with Crippen molar-refractivity contribution < 1.29 is 21.6 Å². The van der Waals surface area contributed by atoms with Crippen LogP contribution in [0.25, 0.3) is 0 Å². The van der Waals surface area contributed by atoms with Crippen LogP contribution >= 0.6 is 0 Å². The van der Waals surface area contributed by atoms with Crippen molar-refractivity contribution in [2.45, 2.75) is 22.9 Å². The number of hydrogen-bond donors (Lipinski definition) is 1. The van der Waals surface area contributed by atoms with Gasteiger partial charge in [-0.3, -0.25) is 0 Å². The summed E-state index contributed by atoms with van der Waals surface area (Å²) in [5, 5.41) is 4.06. The van der Waals surface area contributed by atoms with Gasteiger partial charge in [0.2, 0.25) is 20.0 Å². The lowest BCUT2D eigenvalue weighted by Gasteiger charge is -2.26. The number of sulfonamides is 2. The van der Waals surface area contributed by atoms with Crippen LogP contribution in [0.2, 0.25) is 0 Å². The van der Waals surface area contributed by atoms with Crippen molar-refractivity contribution in [1.29, 1.82) is 0 Å². The van der Waals surface area contributed by atoms with E-state index in [4.69, 9.17) is 4.74 Å². The van der Waals surface area contributed by atoms with Crippen molar-refractivity contribution in [3.05, 3.63) is 72.3 Å². The van der Waals surface area contributed by atoms with Gasteiger partial charge in [0.05, 0.1) is 29.5 Å². The second kappa shape index (κ2) is 9.46. The zero-order valence-corrected chi connectivity index (χ0v) is 18.8. The third-order valence-electron chi connectivity index (χ3n) is 5.01. The Balaban J connectivity index is 1.42. The summed E-state index contributed by atoms with van der Waals surface area (Å²) in [7, 11) is -7.49.